The van der Waals surface area contributed by atoms with E-state index in [4.69, 9.17) is 5.41 Å². The Morgan fingerprint density at radius 1 is 0.784 bits per heavy atom. The van der Waals surface area contributed by atoms with E-state index < -0.39 is 21.2 Å². The summed E-state index contributed by atoms with van der Waals surface area (Å²) in [4.78, 5) is 15.4. The number of halogens is 1. The average molecular weight is 514 g/mol. The summed E-state index contributed by atoms with van der Waals surface area (Å²) in [5, 5.41) is 11.8. The van der Waals surface area contributed by atoms with Crippen LogP contribution in [0, 0.1) is 11.2 Å². The summed E-state index contributed by atoms with van der Waals surface area (Å²) in [6, 6.07) is 30.2. The van der Waals surface area contributed by atoms with Gasteiger partial charge in [0.1, 0.15) is 5.82 Å². The van der Waals surface area contributed by atoms with Gasteiger partial charge in [0.2, 0.25) is 0 Å². The molecule has 1 aliphatic heterocycles. The highest BCUT2D eigenvalue weighted by molar-refractivity contribution is 7.90. The lowest BCUT2D eigenvalue weighted by atomic mass is 9.82. The van der Waals surface area contributed by atoms with Gasteiger partial charge in [0, 0.05) is 0 Å². The zero-order chi connectivity index (χ0) is 26.0. The van der Waals surface area contributed by atoms with Crippen LogP contribution in [0.5, 0.6) is 0 Å². The molecule has 1 heterocycles. The topological polar surface area (TPSA) is 90.3 Å². The standard InChI is InChI=1S/C29H24FN3O3S/c30-25-14-16-26(17-15-25)37(35,36)20-22-9-7-8-21(18-22)19-33-27(34)29(32-28(33)31,23-10-3-1-4-11-23)24-12-5-2-6-13-24/h1-18H,19-20H2,(H2,31,32). The summed E-state index contributed by atoms with van der Waals surface area (Å²) in [6.45, 7) is 0.0938. The normalized spacial score (nSPS) is 15.0. The van der Waals surface area contributed by atoms with Crippen LogP contribution in [0.4, 0.5) is 4.39 Å². The van der Waals surface area contributed by atoms with Gasteiger partial charge in [-0.1, -0.05) is 84.9 Å². The molecule has 1 fully saturated rings. The van der Waals surface area contributed by atoms with Crippen molar-refractivity contribution in [3.63, 3.8) is 0 Å². The zero-order valence-corrected chi connectivity index (χ0v) is 20.6. The summed E-state index contributed by atoms with van der Waals surface area (Å²) < 4.78 is 38.9. The lowest BCUT2D eigenvalue weighted by molar-refractivity contribution is -0.130. The Balaban J connectivity index is 1.44. The molecule has 186 valence electrons. The van der Waals surface area contributed by atoms with Gasteiger partial charge in [-0.3, -0.25) is 15.1 Å². The van der Waals surface area contributed by atoms with Crippen molar-refractivity contribution >= 4 is 21.7 Å². The van der Waals surface area contributed by atoms with Gasteiger partial charge in [0.15, 0.2) is 21.3 Å². The van der Waals surface area contributed by atoms with Crippen molar-refractivity contribution in [3.8, 4) is 0 Å². The number of benzene rings is 4. The highest BCUT2D eigenvalue weighted by Gasteiger charge is 2.52. The Kier molecular flexibility index (Phi) is 6.35. The van der Waals surface area contributed by atoms with Gasteiger partial charge in [0.05, 0.1) is 17.2 Å². The summed E-state index contributed by atoms with van der Waals surface area (Å²) in [6.07, 6.45) is 0. The minimum Gasteiger partial charge on any atom is -0.334 e. The first-order valence-electron chi connectivity index (χ1n) is 11.7. The van der Waals surface area contributed by atoms with E-state index in [1.165, 1.54) is 17.0 Å². The number of hydrogen-bond donors (Lipinski definition) is 2. The Morgan fingerprint density at radius 3 is 1.95 bits per heavy atom. The van der Waals surface area contributed by atoms with Crippen LogP contribution in [0.3, 0.4) is 0 Å². The van der Waals surface area contributed by atoms with Crippen molar-refractivity contribution in [2.24, 2.45) is 0 Å². The second-order valence-corrected chi connectivity index (χ2v) is 10.9. The zero-order valence-electron chi connectivity index (χ0n) is 19.8. The highest BCUT2D eigenvalue weighted by atomic mass is 32.2. The molecule has 2 N–H and O–H groups in total. The van der Waals surface area contributed by atoms with Crippen LogP contribution in [0.1, 0.15) is 22.3 Å². The molecule has 0 aromatic heterocycles. The van der Waals surface area contributed by atoms with Gasteiger partial charge < -0.3 is 5.32 Å². The predicted molar refractivity (Wildman–Crippen MR) is 139 cm³/mol. The third-order valence-corrected chi connectivity index (χ3v) is 8.12. The van der Waals surface area contributed by atoms with E-state index in [1.54, 1.807) is 24.3 Å². The van der Waals surface area contributed by atoms with Crippen LogP contribution >= 0.6 is 0 Å². The molecule has 4 aromatic rings. The molecule has 1 saturated heterocycles. The predicted octanol–water partition coefficient (Wildman–Crippen LogP) is 4.61. The summed E-state index contributed by atoms with van der Waals surface area (Å²) in [7, 11) is -3.69. The van der Waals surface area contributed by atoms with Gasteiger partial charge in [-0.2, -0.15) is 0 Å². The molecule has 0 atom stereocenters. The molecule has 1 amide bonds. The van der Waals surface area contributed by atoms with Crippen LogP contribution in [0.2, 0.25) is 0 Å². The fourth-order valence-electron chi connectivity index (χ4n) is 4.63. The largest absolute Gasteiger partial charge is 0.334 e. The first kappa shape index (κ1) is 24.4. The molecule has 5 rings (SSSR count). The molecule has 37 heavy (non-hydrogen) atoms. The molecule has 1 aliphatic rings. The van der Waals surface area contributed by atoms with Crippen LogP contribution in [-0.4, -0.2) is 25.2 Å². The van der Waals surface area contributed by atoms with Gasteiger partial charge >= 0.3 is 0 Å². The second kappa shape index (κ2) is 9.63. The number of nitrogens with one attached hydrogen (secondary N) is 2. The molecule has 6 nitrogen and oxygen atoms in total. The van der Waals surface area contributed by atoms with Gasteiger partial charge in [-0.25, -0.2) is 12.8 Å². The number of nitrogens with zero attached hydrogens (tertiary/aromatic N) is 1. The average Bonchev–Trinajstić information content (AvgIpc) is 3.15. The summed E-state index contributed by atoms with van der Waals surface area (Å²) in [5.41, 5.74) is 1.41. The van der Waals surface area contributed by atoms with Crippen molar-refractivity contribution < 1.29 is 17.6 Å². The van der Waals surface area contributed by atoms with Gasteiger partial charge in [-0.15, -0.1) is 0 Å². The maximum atomic E-state index is 14.0. The SMILES string of the molecule is N=C1NC(c2ccccc2)(c2ccccc2)C(=O)N1Cc1cccc(CS(=O)(=O)c2ccc(F)cc2)c1. The molecular formula is C29H24FN3O3S. The third kappa shape index (κ3) is 4.63. The monoisotopic (exact) mass is 513 g/mol. The van der Waals surface area contributed by atoms with Crippen molar-refractivity contribution in [1.29, 1.82) is 5.41 Å². The maximum Gasteiger partial charge on any atom is 0.264 e. The molecule has 0 radical (unpaired) electrons. The Labute approximate surface area is 214 Å². The molecule has 0 aliphatic carbocycles. The minimum atomic E-state index is -3.69. The van der Waals surface area contributed by atoms with Crippen molar-refractivity contribution in [3.05, 3.63) is 137 Å². The van der Waals surface area contributed by atoms with E-state index in [-0.39, 0.29) is 29.1 Å². The van der Waals surface area contributed by atoms with Crippen LogP contribution in [-0.2, 0) is 32.5 Å². The van der Waals surface area contributed by atoms with E-state index in [1.807, 2.05) is 60.7 Å². The van der Waals surface area contributed by atoms with Crippen molar-refractivity contribution in [2.45, 2.75) is 22.7 Å². The molecule has 0 saturated carbocycles. The molecule has 0 spiro atoms. The summed E-state index contributed by atoms with van der Waals surface area (Å²) >= 11 is 0. The van der Waals surface area contributed by atoms with Crippen LogP contribution in [0.15, 0.2) is 114 Å². The Bertz CT molecular complexity index is 1520. The second-order valence-electron chi connectivity index (χ2n) is 8.88. The van der Waals surface area contributed by atoms with Crippen LogP contribution in [0.25, 0.3) is 0 Å². The quantitative estimate of drug-likeness (QED) is 0.353. The first-order chi connectivity index (χ1) is 17.8. The number of guanidine groups is 1. The molecular weight excluding hydrogens is 489 g/mol. The van der Waals surface area contributed by atoms with Crippen molar-refractivity contribution in [2.75, 3.05) is 0 Å². The lowest BCUT2D eigenvalue weighted by Gasteiger charge is -2.28. The lowest BCUT2D eigenvalue weighted by Crippen LogP contribution is -2.45. The number of amides is 1. The molecule has 0 unspecified atom stereocenters. The smallest absolute Gasteiger partial charge is 0.264 e. The van der Waals surface area contributed by atoms with Gasteiger partial charge in [-0.05, 0) is 46.5 Å². The van der Waals surface area contributed by atoms with E-state index in [0.29, 0.717) is 11.1 Å². The fraction of sp³-hybridized carbons (Fsp3) is 0.103. The fourth-order valence-corrected chi connectivity index (χ4v) is 5.97. The van der Waals surface area contributed by atoms with E-state index in [0.717, 1.165) is 23.3 Å². The number of rotatable bonds is 7. The molecule has 4 aromatic carbocycles. The number of carbonyl (C=O) groups is 1. The third-order valence-electron chi connectivity index (χ3n) is 6.42. The van der Waals surface area contributed by atoms with E-state index in [9.17, 15) is 17.6 Å². The number of hydrogen-bond acceptors (Lipinski definition) is 4. The van der Waals surface area contributed by atoms with E-state index >= 15 is 0 Å². The van der Waals surface area contributed by atoms with E-state index in [2.05, 4.69) is 5.32 Å². The Morgan fingerprint density at radius 2 is 1.35 bits per heavy atom. The summed E-state index contributed by atoms with van der Waals surface area (Å²) in [5.74, 6) is -1.11. The first-order valence-corrected chi connectivity index (χ1v) is 13.3. The number of sulfone groups is 1. The number of carbonyl (C=O) groups excluding carboxylic acids is 1. The Hall–Kier alpha value is -4.30. The molecule has 8 heteroatoms. The molecule has 0 bridgehead atoms. The maximum absolute atomic E-state index is 14.0. The van der Waals surface area contributed by atoms with Crippen LogP contribution < -0.4 is 5.32 Å². The highest BCUT2D eigenvalue weighted by Crippen LogP contribution is 2.36. The minimum absolute atomic E-state index is 0.0375. The van der Waals surface area contributed by atoms with Gasteiger partial charge in [0.25, 0.3) is 5.91 Å². The van der Waals surface area contributed by atoms with Crippen molar-refractivity contribution in [1.82, 2.24) is 10.2 Å².